The van der Waals surface area contributed by atoms with Crippen LogP contribution in [0.15, 0.2) is 47.9 Å². The Morgan fingerprint density at radius 3 is 2.60 bits per heavy atom. The summed E-state index contributed by atoms with van der Waals surface area (Å²) in [7, 11) is 0. The monoisotopic (exact) mass is 286 g/mol. The molecule has 0 fully saturated rings. The van der Waals surface area contributed by atoms with Gasteiger partial charge in [0, 0.05) is 6.08 Å². The maximum atomic E-state index is 11.6. The Labute approximate surface area is 121 Å². The lowest BCUT2D eigenvalue weighted by Gasteiger charge is -2.03. The molecule has 0 radical (unpaired) electrons. The van der Waals surface area contributed by atoms with Crippen molar-refractivity contribution in [1.82, 2.24) is 10.9 Å². The van der Waals surface area contributed by atoms with Crippen molar-refractivity contribution < 1.29 is 9.59 Å². The van der Waals surface area contributed by atoms with Crippen LogP contribution in [0.5, 0.6) is 0 Å². The standard InChI is InChI=1S/C15H14N2O2S/c1-11-5-2-3-6-12(11)8-9-14(18)16-17-15(19)13-7-4-10-20-13/h2-10H,1H3,(H,16,18)(H,17,19)/b9-8+. The maximum absolute atomic E-state index is 11.6. The lowest BCUT2D eigenvalue weighted by Crippen LogP contribution is -2.40. The molecule has 2 N–H and O–H groups in total. The van der Waals surface area contributed by atoms with Crippen molar-refractivity contribution in [3.8, 4) is 0 Å². The summed E-state index contributed by atoms with van der Waals surface area (Å²) in [4.78, 5) is 23.7. The van der Waals surface area contributed by atoms with Gasteiger partial charge in [-0.15, -0.1) is 11.3 Å². The molecule has 1 aromatic carbocycles. The fraction of sp³-hybridized carbons (Fsp3) is 0.0667. The normalized spacial score (nSPS) is 10.4. The molecule has 2 aromatic rings. The van der Waals surface area contributed by atoms with Gasteiger partial charge in [0.2, 0.25) is 0 Å². The number of carbonyl (C=O) groups excluding carboxylic acids is 2. The van der Waals surface area contributed by atoms with E-state index in [-0.39, 0.29) is 11.8 Å². The molecule has 4 nitrogen and oxygen atoms in total. The van der Waals surface area contributed by atoms with E-state index in [1.54, 1.807) is 23.6 Å². The van der Waals surface area contributed by atoms with E-state index in [2.05, 4.69) is 10.9 Å². The van der Waals surface area contributed by atoms with Crippen LogP contribution in [0, 0.1) is 6.92 Å². The fourth-order valence-corrected chi connectivity index (χ4v) is 2.19. The van der Waals surface area contributed by atoms with E-state index in [4.69, 9.17) is 0 Å². The van der Waals surface area contributed by atoms with Crippen molar-refractivity contribution in [2.45, 2.75) is 6.92 Å². The molecule has 0 aliphatic carbocycles. The number of carbonyl (C=O) groups is 2. The van der Waals surface area contributed by atoms with E-state index >= 15 is 0 Å². The summed E-state index contributed by atoms with van der Waals surface area (Å²) in [5, 5.41) is 1.80. The zero-order valence-electron chi connectivity index (χ0n) is 10.9. The van der Waals surface area contributed by atoms with Crippen LogP contribution >= 0.6 is 11.3 Å². The summed E-state index contributed by atoms with van der Waals surface area (Å²) in [6.07, 6.45) is 3.10. The first-order chi connectivity index (χ1) is 9.66. The van der Waals surface area contributed by atoms with E-state index in [0.29, 0.717) is 4.88 Å². The maximum Gasteiger partial charge on any atom is 0.279 e. The Morgan fingerprint density at radius 1 is 1.10 bits per heavy atom. The van der Waals surface area contributed by atoms with Crippen LogP contribution in [-0.2, 0) is 4.79 Å². The summed E-state index contributed by atoms with van der Waals surface area (Å²) in [6, 6.07) is 11.2. The number of benzene rings is 1. The van der Waals surface area contributed by atoms with Crippen molar-refractivity contribution in [3.05, 3.63) is 63.9 Å². The van der Waals surface area contributed by atoms with Crippen LogP contribution in [0.25, 0.3) is 6.08 Å². The summed E-state index contributed by atoms with van der Waals surface area (Å²) < 4.78 is 0. The Morgan fingerprint density at radius 2 is 1.90 bits per heavy atom. The fourth-order valence-electron chi connectivity index (χ4n) is 1.57. The number of rotatable bonds is 3. The highest BCUT2D eigenvalue weighted by Gasteiger charge is 2.06. The second kappa shape index (κ2) is 6.68. The van der Waals surface area contributed by atoms with Gasteiger partial charge in [-0.25, -0.2) is 0 Å². The van der Waals surface area contributed by atoms with Crippen molar-refractivity contribution in [3.63, 3.8) is 0 Å². The van der Waals surface area contributed by atoms with Crippen LogP contribution in [-0.4, -0.2) is 11.8 Å². The average molecular weight is 286 g/mol. The second-order valence-electron chi connectivity index (χ2n) is 4.11. The number of hydrogen-bond acceptors (Lipinski definition) is 3. The Hall–Kier alpha value is -2.40. The molecule has 2 rings (SSSR count). The van der Waals surface area contributed by atoms with Gasteiger partial charge in [-0.3, -0.25) is 20.4 Å². The van der Waals surface area contributed by atoms with Gasteiger partial charge in [0.25, 0.3) is 11.8 Å². The van der Waals surface area contributed by atoms with Gasteiger partial charge in [0.1, 0.15) is 0 Å². The molecule has 0 saturated carbocycles. The number of hydrazine groups is 1. The minimum atomic E-state index is -0.377. The van der Waals surface area contributed by atoms with Crippen LogP contribution in [0.4, 0.5) is 0 Å². The van der Waals surface area contributed by atoms with Gasteiger partial charge in [-0.1, -0.05) is 30.3 Å². The first-order valence-electron chi connectivity index (χ1n) is 6.04. The van der Waals surface area contributed by atoms with E-state index in [1.165, 1.54) is 17.4 Å². The largest absolute Gasteiger partial charge is 0.279 e. The summed E-state index contributed by atoms with van der Waals surface area (Å²) in [5.74, 6) is -0.698. The zero-order chi connectivity index (χ0) is 14.4. The molecule has 0 aliphatic rings. The van der Waals surface area contributed by atoms with Crippen LogP contribution in [0.3, 0.4) is 0 Å². The van der Waals surface area contributed by atoms with Crippen molar-refractivity contribution >= 4 is 29.2 Å². The molecular weight excluding hydrogens is 272 g/mol. The Bertz CT molecular complexity index is 633. The molecule has 0 unspecified atom stereocenters. The summed E-state index contributed by atoms with van der Waals surface area (Å²) in [6.45, 7) is 1.97. The molecule has 0 aliphatic heterocycles. The van der Waals surface area contributed by atoms with Crippen LogP contribution in [0.1, 0.15) is 20.8 Å². The first-order valence-corrected chi connectivity index (χ1v) is 6.92. The summed E-state index contributed by atoms with van der Waals surface area (Å²) in [5.41, 5.74) is 6.75. The Kier molecular flexibility index (Phi) is 4.68. The van der Waals surface area contributed by atoms with Gasteiger partial charge in [0.05, 0.1) is 4.88 Å². The van der Waals surface area contributed by atoms with Gasteiger partial charge in [-0.2, -0.15) is 0 Å². The molecule has 20 heavy (non-hydrogen) atoms. The number of aryl methyl sites for hydroxylation is 1. The molecule has 5 heteroatoms. The molecule has 0 saturated heterocycles. The molecule has 1 aromatic heterocycles. The molecule has 102 valence electrons. The lowest BCUT2D eigenvalue weighted by molar-refractivity contribution is -0.117. The van der Waals surface area contributed by atoms with Crippen LogP contribution in [0.2, 0.25) is 0 Å². The third-order valence-electron chi connectivity index (χ3n) is 2.65. The predicted octanol–water partition coefficient (Wildman–Crippen LogP) is 2.53. The topological polar surface area (TPSA) is 58.2 Å². The predicted molar refractivity (Wildman–Crippen MR) is 80.1 cm³/mol. The van der Waals surface area contributed by atoms with E-state index in [0.717, 1.165) is 11.1 Å². The van der Waals surface area contributed by atoms with Gasteiger partial charge in [-0.05, 0) is 35.6 Å². The van der Waals surface area contributed by atoms with Gasteiger partial charge < -0.3 is 0 Å². The third kappa shape index (κ3) is 3.80. The van der Waals surface area contributed by atoms with E-state index in [9.17, 15) is 9.59 Å². The van der Waals surface area contributed by atoms with E-state index in [1.807, 2.05) is 31.2 Å². The number of hydrogen-bond donors (Lipinski definition) is 2. The minimum Gasteiger partial charge on any atom is -0.268 e. The highest BCUT2D eigenvalue weighted by molar-refractivity contribution is 7.12. The minimum absolute atomic E-state index is 0.322. The van der Waals surface area contributed by atoms with Crippen LogP contribution < -0.4 is 10.9 Å². The Balaban J connectivity index is 1.87. The van der Waals surface area contributed by atoms with Crippen molar-refractivity contribution in [2.75, 3.05) is 0 Å². The molecule has 0 spiro atoms. The third-order valence-corrected chi connectivity index (χ3v) is 3.52. The SMILES string of the molecule is Cc1ccccc1/C=C/C(=O)NNC(=O)c1cccs1. The summed E-state index contributed by atoms with van der Waals surface area (Å²) >= 11 is 1.31. The number of nitrogens with one attached hydrogen (secondary N) is 2. The molecular formula is C15H14N2O2S. The van der Waals surface area contributed by atoms with Gasteiger partial charge in [0.15, 0.2) is 0 Å². The number of thiophene rings is 1. The van der Waals surface area contributed by atoms with Crippen molar-refractivity contribution in [2.24, 2.45) is 0 Å². The van der Waals surface area contributed by atoms with E-state index < -0.39 is 0 Å². The quantitative estimate of drug-likeness (QED) is 0.673. The second-order valence-corrected chi connectivity index (χ2v) is 5.06. The highest BCUT2D eigenvalue weighted by atomic mass is 32.1. The van der Waals surface area contributed by atoms with Crippen molar-refractivity contribution in [1.29, 1.82) is 0 Å². The highest BCUT2D eigenvalue weighted by Crippen LogP contribution is 2.08. The number of amides is 2. The molecule has 0 atom stereocenters. The average Bonchev–Trinajstić information content (AvgIpc) is 2.98. The zero-order valence-corrected chi connectivity index (χ0v) is 11.7. The molecule has 1 heterocycles. The first kappa shape index (κ1) is 14.0. The van der Waals surface area contributed by atoms with Gasteiger partial charge >= 0.3 is 0 Å². The molecule has 0 bridgehead atoms. The molecule has 2 amide bonds. The lowest BCUT2D eigenvalue weighted by atomic mass is 10.1. The smallest absolute Gasteiger partial charge is 0.268 e.